The molecule has 8 nitrogen and oxygen atoms in total. The number of carbonyl (C=O) groups excluding carboxylic acids is 1. The Balaban J connectivity index is 1.55. The molecule has 0 aliphatic heterocycles. The third kappa shape index (κ3) is 3.99. The maximum Gasteiger partial charge on any atom is 0.227 e. The number of carbonyl (C=O) groups is 1. The Morgan fingerprint density at radius 2 is 2.21 bits per heavy atom. The predicted molar refractivity (Wildman–Crippen MR) is 106 cm³/mol. The van der Waals surface area contributed by atoms with Crippen molar-refractivity contribution in [3.05, 3.63) is 60.9 Å². The topological polar surface area (TPSA) is 110 Å². The molecule has 0 aliphatic carbocycles. The number of benzene rings is 1. The zero-order valence-corrected chi connectivity index (χ0v) is 16.0. The van der Waals surface area contributed by atoms with E-state index in [-0.39, 0.29) is 12.3 Å². The number of fused-ring (bicyclic) bond motifs is 1. The molecule has 0 fully saturated rings. The molecule has 4 rings (SSSR count). The monoisotopic (exact) mass is 386 g/mol. The normalized spacial score (nSPS) is 11.3. The molecule has 1 amide bonds. The Labute approximate surface area is 166 Å². The van der Waals surface area contributed by atoms with Gasteiger partial charge >= 0.3 is 0 Å². The highest BCUT2D eigenvalue weighted by atomic mass is 16.3. The van der Waals surface area contributed by atoms with E-state index >= 15 is 0 Å². The summed E-state index contributed by atoms with van der Waals surface area (Å²) in [5, 5.41) is 17.1. The van der Waals surface area contributed by atoms with Crippen LogP contribution in [0.5, 0.6) is 0 Å². The van der Waals surface area contributed by atoms with Crippen LogP contribution in [0.2, 0.25) is 0 Å². The summed E-state index contributed by atoms with van der Waals surface area (Å²) >= 11 is 0. The SMILES string of the molecule is CC(C)(C#N)NC(=O)Cc1coc(-c2ccc3nn(-c4cccnc4)cc3c2)n1. The van der Waals surface area contributed by atoms with Crippen LogP contribution in [0.1, 0.15) is 19.5 Å². The van der Waals surface area contributed by atoms with Gasteiger partial charge in [0.2, 0.25) is 11.8 Å². The number of rotatable bonds is 5. The summed E-state index contributed by atoms with van der Waals surface area (Å²) in [6.45, 7) is 3.28. The molecule has 0 atom stereocenters. The molecule has 144 valence electrons. The molecule has 0 radical (unpaired) electrons. The number of nitrogens with one attached hydrogen (secondary N) is 1. The van der Waals surface area contributed by atoms with Gasteiger partial charge in [-0.25, -0.2) is 9.67 Å². The summed E-state index contributed by atoms with van der Waals surface area (Å²) < 4.78 is 7.32. The van der Waals surface area contributed by atoms with Gasteiger partial charge in [0.15, 0.2) is 0 Å². The van der Waals surface area contributed by atoms with E-state index in [1.807, 2.05) is 42.6 Å². The minimum Gasteiger partial charge on any atom is -0.444 e. The van der Waals surface area contributed by atoms with Gasteiger partial charge in [-0.2, -0.15) is 10.4 Å². The highest BCUT2D eigenvalue weighted by Gasteiger charge is 2.20. The van der Waals surface area contributed by atoms with E-state index < -0.39 is 5.54 Å². The number of hydrogen-bond acceptors (Lipinski definition) is 6. The lowest BCUT2D eigenvalue weighted by atomic mass is 10.1. The fourth-order valence-corrected chi connectivity index (χ4v) is 2.89. The molecule has 0 aliphatic rings. The van der Waals surface area contributed by atoms with Gasteiger partial charge in [0.1, 0.15) is 11.8 Å². The van der Waals surface area contributed by atoms with Gasteiger partial charge in [0.05, 0.1) is 35.6 Å². The highest BCUT2D eigenvalue weighted by molar-refractivity contribution is 5.83. The fraction of sp³-hybridized carbons (Fsp3) is 0.190. The molecule has 0 unspecified atom stereocenters. The maximum atomic E-state index is 12.1. The second-order valence-electron chi connectivity index (χ2n) is 7.16. The average Bonchev–Trinajstić information content (AvgIpc) is 3.34. The van der Waals surface area contributed by atoms with Crippen molar-refractivity contribution in [2.24, 2.45) is 0 Å². The van der Waals surface area contributed by atoms with E-state index in [9.17, 15) is 4.79 Å². The van der Waals surface area contributed by atoms with Crippen LogP contribution in [-0.2, 0) is 11.2 Å². The summed E-state index contributed by atoms with van der Waals surface area (Å²) in [6.07, 6.45) is 6.86. The molecular weight excluding hydrogens is 368 g/mol. The van der Waals surface area contributed by atoms with Gasteiger partial charge in [-0.1, -0.05) is 0 Å². The molecule has 3 aromatic heterocycles. The Kier molecular flexibility index (Phi) is 4.56. The van der Waals surface area contributed by atoms with Crippen LogP contribution in [0.3, 0.4) is 0 Å². The lowest BCUT2D eigenvalue weighted by Gasteiger charge is -2.16. The Morgan fingerprint density at radius 3 is 2.97 bits per heavy atom. The molecule has 3 heterocycles. The van der Waals surface area contributed by atoms with Gasteiger partial charge in [0, 0.05) is 23.3 Å². The second kappa shape index (κ2) is 7.20. The molecule has 0 spiro atoms. The minimum absolute atomic E-state index is 0.0375. The van der Waals surface area contributed by atoms with Crippen molar-refractivity contribution < 1.29 is 9.21 Å². The second-order valence-corrected chi connectivity index (χ2v) is 7.16. The summed E-state index contributed by atoms with van der Waals surface area (Å²) in [5.41, 5.74) is 2.06. The van der Waals surface area contributed by atoms with Crippen LogP contribution in [0.4, 0.5) is 0 Å². The van der Waals surface area contributed by atoms with Crippen molar-refractivity contribution in [3.8, 4) is 23.2 Å². The summed E-state index contributed by atoms with van der Waals surface area (Å²) in [5.74, 6) is 0.132. The Bertz CT molecular complexity index is 1220. The van der Waals surface area contributed by atoms with Gasteiger partial charge in [-0.3, -0.25) is 9.78 Å². The Morgan fingerprint density at radius 1 is 1.34 bits per heavy atom. The summed E-state index contributed by atoms with van der Waals surface area (Å²) in [7, 11) is 0. The van der Waals surface area contributed by atoms with Gasteiger partial charge in [0.25, 0.3) is 0 Å². The van der Waals surface area contributed by atoms with Crippen LogP contribution >= 0.6 is 0 Å². The molecule has 4 aromatic rings. The molecule has 8 heteroatoms. The lowest BCUT2D eigenvalue weighted by Crippen LogP contribution is -2.42. The van der Waals surface area contributed by atoms with Gasteiger partial charge in [-0.15, -0.1) is 0 Å². The fourth-order valence-electron chi connectivity index (χ4n) is 2.89. The van der Waals surface area contributed by atoms with Crippen LogP contribution < -0.4 is 5.32 Å². The standard InChI is InChI=1S/C21H18N6O2/c1-21(2,13-22)25-19(28)9-16-12-29-20(24-16)14-5-6-18-15(8-14)11-27(26-18)17-4-3-7-23-10-17/h3-8,10-12H,9H2,1-2H3,(H,25,28). The van der Waals surface area contributed by atoms with Gasteiger partial charge < -0.3 is 9.73 Å². The molecule has 0 bridgehead atoms. The van der Waals surface area contributed by atoms with Crippen molar-refractivity contribution in [1.82, 2.24) is 25.1 Å². The number of aromatic nitrogens is 4. The summed E-state index contributed by atoms with van der Waals surface area (Å²) in [6, 6.07) is 11.5. The number of amides is 1. The Hall–Kier alpha value is -3.99. The average molecular weight is 386 g/mol. The third-order valence-electron chi connectivity index (χ3n) is 4.29. The molecular formula is C21H18N6O2. The van der Waals surface area contributed by atoms with Crippen LogP contribution in [-0.4, -0.2) is 31.2 Å². The maximum absolute atomic E-state index is 12.1. The first kappa shape index (κ1) is 18.4. The van der Waals surface area contributed by atoms with Crippen molar-refractivity contribution in [3.63, 3.8) is 0 Å². The van der Waals surface area contributed by atoms with Crippen LogP contribution in [0.15, 0.2) is 59.6 Å². The first-order chi connectivity index (χ1) is 13.9. The zero-order chi connectivity index (χ0) is 20.4. The number of oxazole rings is 1. The quantitative estimate of drug-likeness (QED) is 0.564. The largest absolute Gasteiger partial charge is 0.444 e. The van der Waals surface area contributed by atoms with Crippen molar-refractivity contribution in [2.45, 2.75) is 25.8 Å². The van der Waals surface area contributed by atoms with E-state index in [1.165, 1.54) is 6.26 Å². The van der Waals surface area contributed by atoms with E-state index in [2.05, 4.69) is 20.4 Å². The molecule has 0 saturated carbocycles. The van der Waals surface area contributed by atoms with E-state index in [0.29, 0.717) is 11.6 Å². The molecule has 1 N–H and O–H groups in total. The van der Waals surface area contributed by atoms with E-state index in [0.717, 1.165) is 22.2 Å². The lowest BCUT2D eigenvalue weighted by molar-refractivity contribution is -0.121. The number of hydrogen-bond donors (Lipinski definition) is 1. The van der Waals surface area contributed by atoms with Crippen LogP contribution in [0, 0.1) is 11.3 Å². The summed E-state index contributed by atoms with van der Waals surface area (Å²) in [4.78, 5) is 20.6. The van der Waals surface area contributed by atoms with Gasteiger partial charge in [-0.05, 0) is 44.2 Å². The first-order valence-electron chi connectivity index (χ1n) is 9.00. The zero-order valence-electron chi connectivity index (χ0n) is 16.0. The van der Waals surface area contributed by atoms with Crippen molar-refractivity contribution in [1.29, 1.82) is 5.26 Å². The molecule has 1 aromatic carbocycles. The molecule has 29 heavy (non-hydrogen) atoms. The first-order valence-corrected chi connectivity index (χ1v) is 9.00. The minimum atomic E-state index is -0.927. The molecule has 0 saturated heterocycles. The number of pyridine rings is 1. The predicted octanol–water partition coefficient (Wildman–Crippen LogP) is 3.04. The van der Waals surface area contributed by atoms with Crippen molar-refractivity contribution >= 4 is 16.8 Å². The van der Waals surface area contributed by atoms with E-state index in [4.69, 9.17) is 9.68 Å². The van der Waals surface area contributed by atoms with Crippen molar-refractivity contribution in [2.75, 3.05) is 0 Å². The number of nitrogens with zero attached hydrogens (tertiary/aromatic N) is 5. The number of nitriles is 1. The smallest absolute Gasteiger partial charge is 0.227 e. The van der Waals surface area contributed by atoms with Crippen LogP contribution in [0.25, 0.3) is 28.0 Å². The third-order valence-corrected chi connectivity index (χ3v) is 4.29. The highest BCUT2D eigenvalue weighted by Crippen LogP contribution is 2.24. The van der Waals surface area contributed by atoms with E-state index in [1.54, 1.807) is 30.9 Å².